The summed E-state index contributed by atoms with van der Waals surface area (Å²) < 4.78 is 102. The zero-order valence-electron chi connectivity index (χ0n) is 63.0. The van der Waals surface area contributed by atoms with E-state index in [9.17, 15) is 69.7 Å². The number of amides is 3. The van der Waals surface area contributed by atoms with Crippen LogP contribution in [0, 0.1) is 12.8 Å². The average molecular weight is 1590 g/mol. The van der Waals surface area contributed by atoms with Gasteiger partial charge in [0.25, 0.3) is 10.1 Å². The van der Waals surface area contributed by atoms with Crippen LogP contribution in [-0.4, -0.2) is 215 Å². The summed E-state index contributed by atoms with van der Waals surface area (Å²) in [5, 5.41) is 36.4. The van der Waals surface area contributed by atoms with Crippen LogP contribution in [0.4, 0.5) is 16.2 Å². The van der Waals surface area contributed by atoms with E-state index >= 15 is 0 Å². The Labute approximate surface area is 643 Å². The normalized spacial score (nSPS) is 15.9. The smallest absolute Gasteiger partial charge is 0.425 e. The number of H-pyrrole nitrogens is 1. The fourth-order valence-corrected chi connectivity index (χ4v) is 14.5. The number of fused-ring (bicyclic) bond motifs is 2. The van der Waals surface area contributed by atoms with Crippen molar-refractivity contribution >= 4 is 95.5 Å². The zero-order chi connectivity index (χ0) is 81.5. The summed E-state index contributed by atoms with van der Waals surface area (Å²) >= 11 is 0. The largest absolute Gasteiger partial charge is 0.748 e. The van der Waals surface area contributed by atoms with Gasteiger partial charge in [0, 0.05) is 136 Å². The minimum Gasteiger partial charge on any atom is -0.748 e. The third-order valence-corrected chi connectivity index (χ3v) is 20.7. The van der Waals surface area contributed by atoms with E-state index in [2.05, 4.69) is 112 Å². The van der Waals surface area contributed by atoms with E-state index in [1.807, 2.05) is 49.0 Å². The number of benzene rings is 3. The molecule has 3 atom stereocenters. The maximum absolute atomic E-state index is 14.2. The lowest BCUT2D eigenvalue weighted by molar-refractivity contribution is -0.438. The number of likely N-dealkylation sites (N-methyl/N-ethyl adjacent to an activating group) is 2. The minimum absolute atomic E-state index is 0.0478. The van der Waals surface area contributed by atoms with Gasteiger partial charge >= 0.3 is 40.7 Å². The SMILES string of the molecule is Cc1ccc2c(c1)C(C)(C)/C(=C\C=C1/CCCC(/C=C/C3=[N+](CCCCS(=O)(=O)[O-])c4ccccc4C3(C)C)=C1Oc1ccc(C[C@H](NC(=O)[C@@H](CC(=O)CCN(C)CCN(C)CCCC(=O)CC[C@H](NC(=O)NCCCC(=O)O)C(=O)O)Cc3cnc[nH]3)C(=O)O)cc1)N2CCCCS(=O)(=O)O.O=C=O.O=S(=O)=O. The van der Waals surface area contributed by atoms with Crippen LogP contribution in [0.25, 0.3) is 0 Å². The van der Waals surface area contributed by atoms with E-state index in [1.54, 1.807) is 30.5 Å². The molecule has 1 aliphatic carbocycles. The molecule has 4 aromatic rings. The molecule has 0 fully saturated rings. The van der Waals surface area contributed by atoms with E-state index < -0.39 is 95.3 Å². The number of aliphatic carboxylic acids is 3. The van der Waals surface area contributed by atoms with Gasteiger partial charge in [0.1, 0.15) is 41.7 Å². The molecule has 7 rings (SSSR count). The van der Waals surface area contributed by atoms with Gasteiger partial charge in [-0.25, -0.2) is 27.8 Å². The first kappa shape index (κ1) is 90.9. The van der Waals surface area contributed by atoms with Gasteiger partial charge in [-0.05, 0) is 152 Å². The van der Waals surface area contributed by atoms with Crippen molar-refractivity contribution in [1.29, 1.82) is 0 Å². The van der Waals surface area contributed by atoms with Crippen LogP contribution in [0.2, 0.25) is 0 Å². The van der Waals surface area contributed by atoms with Crippen molar-refractivity contribution in [2.45, 2.75) is 167 Å². The fraction of sp³-hybridized carbons (Fsp3) is 0.500. The molecule has 34 heteroatoms. The number of carbonyl (C=O) groups excluding carboxylic acids is 6. The summed E-state index contributed by atoms with van der Waals surface area (Å²) in [5.41, 5.74) is 9.30. The summed E-state index contributed by atoms with van der Waals surface area (Å²) in [6.07, 6.45) is 15.6. The molecule has 8 N–H and O–H groups in total. The second-order valence-corrected chi connectivity index (χ2v) is 31.9. The van der Waals surface area contributed by atoms with E-state index in [0.717, 1.165) is 57.0 Å². The van der Waals surface area contributed by atoms with Crippen LogP contribution in [0.15, 0.2) is 126 Å². The zero-order valence-corrected chi connectivity index (χ0v) is 65.5. The first-order valence-electron chi connectivity index (χ1n) is 36.1. The average Bonchev–Trinajstić information content (AvgIpc) is 1.59. The highest BCUT2D eigenvalue weighted by Crippen LogP contribution is 2.49. The van der Waals surface area contributed by atoms with Gasteiger partial charge in [0.2, 0.25) is 11.6 Å². The Hall–Kier alpha value is -9.67. The van der Waals surface area contributed by atoms with Crippen molar-refractivity contribution in [2.75, 3.05) is 76.3 Å². The molecule has 3 aliphatic rings. The van der Waals surface area contributed by atoms with Gasteiger partial charge in [-0.15, -0.1) is 12.6 Å². The number of aromatic nitrogens is 2. The number of nitrogens with one attached hydrogen (secondary N) is 4. The summed E-state index contributed by atoms with van der Waals surface area (Å²) in [5.74, 6) is -5.24. The van der Waals surface area contributed by atoms with Crippen LogP contribution in [0.3, 0.4) is 0 Å². The lowest BCUT2D eigenvalue weighted by Crippen LogP contribution is -2.46. The lowest BCUT2D eigenvalue weighted by Gasteiger charge is -2.27. The van der Waals surface area contributed by atoms with Crippen molar-refractivity contribution in [2.24, 2.45) is 5.92 Å². The van der Waals surface area contributed by atoms with Crippen molar-refractivity contribution in [3.05, 3.63) is 154 Å². The molecule has 3 amide bonds. The van der Waals surface area contributed by atoms with Crippen molar-refractivity contribution in [3.8, 4) is 5.75 Å². The van der Waals surface area contributed by atoms with Crippen molar-refractivity contribution in [3.63, 3.8) is 0 Å². The number of Topliss-reactive ketones (excluding diaryl/α,β-unsaturated/α-hetero) is 2. The topological polar surface area (TPSA) is 464 Å². The molecule has 1 aromatic heterocycles. The third-order valence-electron chi connectivity index (χ3n) is 19.1. The first-order chi connectivity index (χ1) is 51.8. The van der Waals surface area contributed by atoms with Crippen LogP contribution >= 0.6 is 0 Å². The van der Waals surface area contributed by atoms with Gasteiger partial charge < -0.3 is 60.2 Å². The monoisotopic (exact) mass is 1590 g/mol. The number of ether oxygens (including phenoxy) is 1. The molecule has 0 unspecified atom stereocenters. The number of imidazole rings is 1. The second-order valence-electron chi connectivity index (χ2n) is 28.4. The molecule has 2 aliphatic heterocycles. The maximum atomic E-state index is 14.2. The molecule has 600 valence electrons. The van der Waals surface area contributed by atoms with Crippen LogP contribution in [0.1, 0.15) is 152 Å². The number of urea groups is 1. The number of aromatic amines is 1. The number of ketones is 2. The molecule has 0 saturated heterocycles. The molecular formula is C76H101N9O22S3. The maximum Gasteiger partial charge on any atom is 0.425 e. The summed E-state index contributed by atoms with van der Waals surface area (Å²) in [6, 6.07) is 17.9. The number of allylic oxidation sites excluding steroid dienone is 7. The predicted octanol–water partition coefficient (Wildman–Crippen LogP) is 7.11. The Bertz CT molecular complexity index is 4430. The van der Waals surface area contributed by atoms with Gasteiger partial charge in [-0.1, -0.05) is 68.0 Å². The number of rotatable bonds is 43. The number of nitrogens with zero attached hydrogens (tertiary/aromatic N) is 5. The Balaban J connectivity index is 0.00000297. The number of unbranched alkanes of at least 4 members (excludes halogenated alkanes) is 2. The molecule has 0 radical (unpaired) electrons. The molecule has 31 nitrogen and oxygen atoms in total. The van der Waals surface area contributed by atoms with Crippen LogP contribution in [-0.2, 0) is 92.9 Å². The number of para-hydroxylation sites is 1. The van der Waals surface area contributed by atoms with Crippen LogP contribution in [0.5, 0.6) is 5.75 Å². The van der Waals surface area contributed by atoms with Gasteiger partial charge in [-0.3, -0.25) is 23.7 Å². The second kappa shape index (κ2) is 43.7. The minimum atomic E-state index is -4.39. The standard InChI is InChI=1S/C75H101N9O17S2.CO2.O3S/c1-51-23-32-65-61(45-51)75(4,5)67(84(65)39-11-13-44-103(98,99)100)34-27-54-18-14-17-53(26-33-66-74(2,3)60-20-8-9-21-64(60)83(66)38-10-12-43-102(95,96)97)69(54)101-59-29-24-52(25-30-59)46-63(72(92)93)79-70(89)55(47-56-49-76-50-78-56)48-58(86)35-40-82(7)42-41-81(6)37-16-19-57(85)28-31-62(71(90)91)80-73(94)77-36-15-22-68(87)88;2-1-3;1-4(2)3/h8-9,20-21,23-27,29-30,32-34,45,49-50,55,62-63H,10-19,22,28,31,35-44,46-48H2,1-7H3,(H8-,76,77,78,79,80,87,88,89,90,91,92,93,94,95,96,97,98,99,100);;/t55-,62+,63+;;/m1../s1. The van der Waals surface area contributed by atoms with Crippen molar-refractivity contribution < 1.29 is 106 Å². The number of aryl methyl sites for hydroxylation is 1. The lowest BCUT2D eigenvalue weighted by atomic mass is 9.81. The highest BCUT2D eigenvalue weighted by atomic mass is 32.2. The molecule has 3 heterocycles. The quantitative estimate of drug-likeness (QED) is 0.0124. The third kappa shape index (κ3) is 30.3. The fourth-order valence-electron chi connectivity index (χ4n) is 13.3. The number of carboxylic acid groups (broad SMARTS) is 3. The molecule has 3 aromatic carbocycles. The van der Waals surface area contributed by atoms with Gasteiger partial charge in [0.15, 0.2) is 5.71 Å². The molecule has 0 spiro atoms. The Morgan fingerprint density at radius 1 is 0.755 bits per heavy atom. The van der Waals surface area contributed by atoms with E-state index in [-0.39, 0.29) is 101 Å². The number of carbonyl (C=O) groups is 7. The molecular weight excluding hydrogens is 1490 g/mol. The number of hydrogen-bond donors (Lipinski definition) is 8. The highest BCUT2D eigenvalue weighted by Gasteiger charge is 2.44. The molecule has 0 saturated carbocycles. The molecule has 0 bridgehead atoms. The molecule has 110 heavy (non-hydrogen) atoms. The predicted molar refractivity (Wildman–Crippen MR) is 405 cm³/mol. The van der Waals surface area contributed by atoms with Gasteiger partial charge in [-0.2, -0.15) is 22.6 Å². The Kier molecular flexibility index (Phi) is 36.1. The highest BCUT2D eigenvalue weighted by molar-refractivity contribution is 7.85. The summed E-state index contributed by atoms with van der Waals surface area (Å²) in [4.78, 5) is 118. The summed E-state index contributed by atoms with van der Waals surface area (Å²) in [7, 11) is -7.90. The Morgan fingerprint density at radius 2 is 1.42 bits per heavy atom. The van der Waals surface area contributed by atoms with E-state index in [1.165, 1.54) is 6.33 Å². The van der Waals surface area contributed by atoms with Gasteiger partial charge in [0.05, 0.1) is 33.5 Å². The van der Waals surface area contributed by atoms with E-state index in [0.29, 0.717) is 94.1 Å². The van der Waals surface area contributed by atoms with Crippen LogP contribution < -0.4 is 25.6 Å². The number of hydrogen-bond acceptors (Lipinski definition) is 22. The number of carboxylic acids is 3. The first-order valence-corrected chi connectivity index (χ1v) is 40.3. The summed E-state index contributed by atoms with van der Waals surface area (Å²) in [6.45, 7) is 13.8. The number of anilines is 1. The van der Waals surface area contributed by atoms with Crippen molar-refractivity contribution in [1.82, 2.24) is 35.7 Å². The van der Waals surface area contributed by atoms with E-state index in [4.69, 9.17) is 32.1 Å². The Morgan fingerprint density at radius 3 is 2.05 bits per heavy atom.